The number of unbranched alkanes of at least 4 members (excludes halogenated alkanes) is 7. The van der Waals surface area contributed by atoms with Gasteiger partial charge >= 0.3 is 0 Å². The predicted molar refractivity (Wildman–Crippen MR) is 117 cm³/mol. The van der Waals surface area contributed by atoms with E-state index >= 15 is 0 Å². The maximum atomic E-state index is 11.7. The highest BCUT2D eigenvalue weighted by atomic mass is 16.5. The van der Waals surface area contributed by atoms with Crippen molar-refractivity contribution in [2.45, 2.75) is 98.0 Å². The first-order chi connectivity index (χ1) is 13.6. The summed E-state index contributed by atoms with van der Waals surface area (Å²) in [6.45, 7) is 10.3. The van der Waals surface area contributed by atoms with Gasteiger partial charge in [0, 0.05) is 26.4 Å². The van der Waals surface area contributed by atoms with E-state index in [0.29, 0.717) is 39.2 Å². The van der Waals surface area contributed by atoms with E-state index in [2.05, 4.69) is 10.6 Å². The monoisotopic (exact) mass is 402 g/mol. The Kier molecular flexibility index (Phi) is 24.8. The average molecular weight is 403 g/mol. The van der Waals surface area contributed by atoms with Crippen LogP contribution in [0, 0.1) is 0 Å². The summed E-state index contributed by atoms with van der Waals surface area (Å²) >= 11 is 0. The van der Waals surface area contributed by atoms with Gasteiger partial charge in [-0.1, -0.05) is 52.4 Å². The van der Waals surface area contributed by atoms with E-state index < -0.39 is 0 Å². The molecule has 0 aliphatic rings. The standard InChI is InChI=1S/C20H40N2O4.C2H6/c1-18(2)26-17-16-25-15-14-22-20(24)13-11-9-7-5-4-6-8-10-12-19(23)21-3;1-2/h18H,4-17H2,1-3H3,(H,21,23)(H,22,24);1-2H3. The molecule has 0 spiro atoms. The molecule has 0 atom stereocenters. The summed E-state index contributed by atoms with van der Waals surface area (Å²) in [5.41, 5.74) is 0. The van der Waals surface area contributed by atoms with Crippen LogP contribution >= 0.6 is 0 Å². The lowest BCUT2D eigenvalue weighted by molar-refractivity contribution is -0.122. The normalized spacial score (nSPS) is 10.4. The van der Waals surface area contributed by atoms with Crippen molar-refractivity contribution < 1.29 is 19.1 Å². The van der Waals surface area contributed by atoms with E-state index in [0.717, 1.165) is 25.7 Å². The molecule has 0 fully saturated rings. The topological polar surface area (TPSA) is 76.7 Å². The van der Waals surface area contributed by atoms with Crippen LogP contribution in [0.5, 0.6) is 0 Å². The maximum Gasteiger partial charge on any atom is 0.220 e. The Morgan fingerprint density at radius 1 is 0.750 bits per heavy atom. The molecule has 6 nitrogen and oxygen atoms in total. The Morgan fingerprint density at radius 3 is 1.75 bits per heavy atom. The van der Waals surface area contributed by atoms with Gasteiger partial charge in [0.1, 0.15) is 0 Å². The summed E-state index contributed by atoms with van der Waals surface area (Å²) in [4.78, 5) is 22.7. The van der Waals surface area contributed by atoms with Gasteiger partial charge in [0.15, 0.2) is 0 Å². The third-order valence-corrected chi connectivity index (χ3v) is 4.08. The summed E-state index contributed by atoms with van der Waals surface area (Å²) in [5, 5.41) is 5.53. The fraction of sp³-hybridized carbons (Fsp3) is 0.909. The zero-order valence-electron chi connectivity index (χ0n) is 19.1. The van der Waals surface area contributed by atoms with Crippen LogP contribution in [-0.4, -0.2) is 51.3 Å². The highest BCUT2D eigenvalue weighted by Gasteiger charge is 2.01. The van der Waals surface area contributed by atoms with E-state index in [1.54, 1.807) is 7.05 Å². The Morgan fingerprint density at radius 2 is 1.25 bits per heavy atom. The van der Waals surface area contributed by atoms with E-state index in [1.165, 1.54) is 25.7 Å². The largest absolute Gasteiger partial charge is 0.377 e. The van der Waals surface area contributed by atoms with Gasteiger partial charge in [-0.15, -0.1) is 0 Å². The van der Waals surface area contributed by atoms with Crippen molar-refractivity contribution in [1.29, 1.82) is 0 Å². The number of hydrogen-bond donors (Lipinski definition) is 2. The van der Waals surface area contributed by atoms with Crippen LogP contribution in [-0.2, 0) is 19.1 Å². The Labute approximate surface area is 173 Å². The van der Waals surface area contributed by atoms with Crippen molar-refractivity contribution in [3.05, 3.63) is 0 Å². The third-order valence-electron chi connectivity index (χ3n) is 4.08. The quantitative estimate of drug-likeness (QED) is 0.337. The van der Waals surface area contributed by atoms with Crippen molar-refractivity contribution in [3.63, 3.8) is 0 Å². The van der Waals surface area contributed by atoms with Crippen molar-refractivity contribution in [1.82, 2.24) is 10.6 Å². The molecular weight excluding hydrogens is 356 g/mol. The van der Waals surface area contributed by atoms with Gasteiger partial charge < -0.3 is 20.1 Å². The lowest BCUT2D eigenvalue weighted by atomic mass is 10.1. The fourth-order valence-corrected chi connectivity index (χ4v) is 2.55. The lowest BCUT2D eigenvalue weighted by Gasteiger charge is -2.09. The zero-order valence-corrected chi connectivity index (χ0v) is 19.1. The van der Waals surface area contributed by atoms with Crippen LogP contribution in [0.4, 0.5) is 0 Å². The van der Waals surface area contributed by atoms with Crippen LogP contribution < -0.4 is 10.6 Å². The van der Waals surface area contributed by atoms with E-state index in [1.807, 2.05) is 27.7 Å². The summed E-state index contributed by atoms with van der Waals surface area (Å²) in [5.74, 6) is 0.246. The molecule has 0 rings (SSSR count). The minimum atomic E-state index is 0.112. The van der Waals surface area contributed by atoms with Gasteiger partial charge in [-0.05, 0) is 26.7 Å². The predicted octanol–water partition coefficient (Wildman–Crippen LogP) is 4.22. The highest BCUT2D eigenvalue weighted by molar-refractivity contribution is 5.75. The molecule has 0 aromatic carbocycles. The summed E-state index contributed by atoms with van der Waals surface area (Å²) in [6, 6.07) is 0. The van der Waals surface area contributed by atoms with Gasteiger partial charge in [-0.3, -0.25) is 9.59 Å². The Balaban J connectivity index is 0. The third kappa shape index (κ3) is 24.9. The van der Waals surface area contributed by atoms with Crippen molar-refractivity contribution in [3.8, 4) is 0 Å². The molecule has 0 saturated carbocycles. The minimum absolute atomic E-state index is 0.112. The van der Waals surface area contributed by atoms with Gasteiger partial charge in [0.25, 0.3) is 0 Å². The van der Waals surface area contributed by atoms with Gasteiger partial charge in [0.05, 0.1) is 25.9 Å². The number of amides is 2. The highest BCUT2D eigenvalue weighted by Crippen LogP contribution is 2.10. The van der Waals surface area contributed by atoms with Crippen LogP contribution in [0.1, 0.15) is 91.9 Å². The zero-order chi connectivity index (χ0) is 21.5. The number of carbonyl (C=O) groups is 2. The molecule has 0 saturated heterocycles. The Bertz CT molecular complexity index is 349. The molecule has 28 heavy (non-hydrogen) atoms. The molecule has 168 valence electrons. The number of carbonyl (C=O) groups excluding carboxylic acids is 2. The van der Waals surface area contributed by atoms with Gasteiger partial charge in [0.2, 0.25) is 11.8 Å². The van der Waals surface area contributed by atoms with Crippen LogP contribution in [0.3, 0.4) is 0 Å². The van der Waals surface area contributed by atoms with Gasteiger partial charge in [-0.25, -0.2) is 0 Å². The second-order valence-corrected chi connectivity index (χ2v) is 6.88. The second-order valence-electron chi connectivity index (χ2n) is 6.88. The maximum absolute atomic E-state index is 11.7. The smallest absolute Gasteiger partial charge is 0.220 e. The number of rotatable bonds is 18. The molecule has 0 bridgehead atoms. The molecule has 0 aromatic rings. The number of nitrogens with one attached hydrogen (secondary N) is 2. The number of ether oxygens (including phenoxy) is 2. The first kappa shape index (κ1) is 29.1. The molecule has 2 amide bonds. The van der Waals surface area contributed by atoms with E-state index in [4.69, 9.17) is 9.47 Å². The van der Waals surface area contributed by atoms with Crippen LogP contribution in [0.2, 0.25) is 0 Å². The molecule has 0 aliphatic heterocycles. The molecule has 0 heterocycles. The molecular formula is C22H46N2O4. The lowest BCUT2D eigenvalue weighted by Crippen LogP contribution is -2.27. The average Bonchev–Trinajstić information content (AvgIpc) is 2.69. The van der Waals surface area contributed by atoms with E-state index in [9.17, 15) is 9.59 Å². The summed E-state index contributed by atoms with van der Waals surface area (Å²) in [6.07, 6.45) is 10.4. The SMILES string of the molecule is CC.CNC(=O)CCCCCCCCCCC(=O)NCCOCCOC(C)C. The summed E-state index contributed by atoms with van der Waals surface area (Å²) < 4.78 is 10.8. The molecule has 2 N–H and O–H groups in total. The minimum Gasteiger partial charge on any atom is -0.377 e. The first-order valence-electron chi connectivity index (χ1n) is 11.2. The summed E-state index contributed by atoms with van der Waals surface area (Å²) in [7, 11) is 1.68. The molecule has 6 heteroatoms. The first-order valence-corrected chi connectivity index (χ1v) is 11.2. The molecule has 0 unspecified atom stereocenters. The Hall–Kier alpha value is -1.14. The van der Waals surface area contributed by atoms with Crippen molar-refractivity contribution >= 4 is 11.8 Å². The molecule has 0 radical (unpaired) electrons. The molecule has 0 aliphatic carbocycles. The fourth-order valence-electron chi connectivity index (χ4n) is 2.55. The van der Waals surface area contributed by atoms with Gasteiger partial charge in [-0.2, -0.15) is 0 Å². The van der Waals surface area contributed by atoms with Crippen molar-refractivity contribution in [2.24, 2.45) is 0 Å². The van der Waals surface area contributed by atoms with E-state index in [-0.39, 0.29) is 17.9 Å². The number of hydrogen-bond acceptors (Lipinski definition) is 4. The van der Waals surface area contributed by atoms with Crippen LogP contribution in [0.15, 0.2) is 0 Å². The molecule has 0 aromatic heterocycles. The van der Waals surface area contributed by atoms with Crippen LogP contribution in [0.25, 0.3) is 0 Å². The second kappa shape index (κ2) is 23.9. The van der Waals surface area contributed by atoms with Crippen molar-refractivity contribution in [2.75, 3.05) is 33.4 Å².